The Bertz CT molecular complexity index is 593. The highest BCUT2D eigenvalue weighted by atomic mass is 19.1. The van der Waals surface area contributed by atoms with Gasteiger partial charge in [0.2, 0.25) is 0 Å². The van der Waals surface area contributed by atoms with Gasteiger partial charge >= 0.3 is 0 Å². The van der Waals surface area contributed by atoms with Gasteiger partial charge in [0.25, 0.3) is 0 Å². The van der Waals surface area contributed by atoms with Crippen LogP contribution in [0.4, 0.5) is 4.39 Å². The van der Waals surface area contributed by atoms with Crippen molar-refractivity contribution in [3.05, 3.63) is 35.8 Å². The van der Waals surface area contributed by atoms with Crippen molar-refractivity contribution in [3.63, 3.8) is 0 Å². The first-order chi connectivity index (χ1) is 9.51. The van der Waals surface area contributed by atoms with E-state index in [0.717, 1.165) is 16.8 Å². The van der Waals surface area contributed by atoms with E-state index in [4.69, 9.17) is 4.74 Å². The summed E-state index contributed by atoms with van der Waals surface area (Å²) in [7, 11) is 3.32. The van der Waals surface area contributed by atoms with E-state index in [1.807, 2.05) is 19.3 Å². The molecule has 1 N–H and O–H groups in total. The quantitative estimate of drug-likeness (QED) is 0.913. The Morgan fingerprint density at radius 1 is 1.40 bits per heavy atom. The zero-order chi connectivity index (χ0) is 14.7. The first kappa shape index (κ1) is 14.5. The molecule has 0 amide bonds. The largest absolute Gasteiger partial charge is 0.494 e. The molecule has 0 saturated carbocycles. The standard InChI is InChI=1S/C15H20FN3O/c1-10(2)17-8-12-9-19(3)18-15(12)11-5-6-14(20-4)13(16)7-11/h5-7,9-10,17H,8H2,1-4H3. The molecule has 0 radical (unpaired) electrons. The Kier molecular flexibility index (Phi) is 4.39. The minimum atomic E-state index is -0.376. The van der Waals surface area contributed by atoms with E-state index in [1.165, 1.54) is 13.2 Å². The molecule has 5 heteroatoms. The van der Waals surface area contributed by atoms with E-state index in [0.29, 0.717) is 12.6 Å². The summed E-state index contributed by atoms with van der Waals surface area (Å²) in [6.07, 6.45) is 1.95. The van der Waals surface area contributed by atoms with Crippen LogP contribution in [0.25, 0.3) is 11.3 Å². The van der Waals surface area contributed by atoms with Gasteiger partial charge in [0.05, 0.1) is 12.8 Å². The van der Waals surface area contributed by atoms with Crippen LogP contribution in [0.1, 0.15) is 19.4 Å². The van der Waals surface area contributed by atoms with Crippen molar-refractivity contribution in [2.45, 2.75) is 26.4 Å². The van der Waals surface area contributed by atoms with Gasteiger partial charge in [-0.25, -0.2) is 4.39 Å². The number of hydrogen-bond donors (Lipinski definition) is 1. The molecule has 20 heavy (non-hydrogen) atoms. The maximum absolute atomic E-state index is 13.8. The number of nitrogens with one attached hydrogen (secondary N) is 1. The third kappa shape index (κ3) is 3.17. The third-order valence-corrected chi connectivity index (χ3v) is 3.03. The topological polar surface area (TPSA) is 39.1 Å². The highest BCUT2D eigenvalue weighted by molar-refractivity contribution is 5.63. The smallest absolute Gasteiger partial charge is 0.165 e. The zero-order valence-electron chi connectivity index (χ0n) is 12.3. The van der Waals surface area contributed by atoms with Crippen molar-refractivity contribution in [3.8, 4) is 17.0 Å². The minimum Gasteiger partial charge on any atom is -0.494 e. The normalized spacial score (nSPS) is 11.1. The second kappa shape index (κ2) is 6.05. The van der Waals surface area contributed by atoms with Crippen LogP contribution in [0.5, 0.6) is 5.75 Å². The summed E-state index contributed by atoms with van der Waals surface area (Å²) in [4.78, 5) is 0. The number of ether oxygens (including phenoxy) is 1. The molecule has 4 nitrogen and oxygen atoms in total. The Morgan fingerprint density at radius 3 is 2.75 bits per heavy atom. The summed E-state index contributed by atoms with van der Waals surface area (Å²) >= 11 is 0. The maximum atomic E-state index is 13.8. The van der Waals surface area contributed by atoms with Crippen molar-refractivity contribution in [1.29, 1.82) is 0 Å². The SMILES string of the molecule is COc1ccc(-c2nn(C)cc2CNC(C)C)cc1F. The molecule has 0 aliphatic carbocycles. The summed E-state index contributed by atoms with van der Waals surface area (Å²) in [6, 6.07) is 5.29. The number of methoxy groups -OCH3 is 1. The van der Waals surface area contributed by atoms with E-state index in [-0.39, 0.29) is 11.6 Å². The van der Waals surface area contributed by atoms with Gasteiger partial charge in [0, 0.05) is 37.0 Å². The van der Waals surface area contributed by atoms with Crippen LogP contribution in [0, 0.1) is 5.82 Å². The molecule has 0 saturated heterocycles. The number of benzene rings is 1. The van der Waals surface area contributed by atoms with Crippen molar-refractivity contribution >= 4 is 0 Å². The molecule has 108 valence electrons. The number of aromatic nitrogens is 2. The average molecular weight is 277 g/mol. The second-order valence-electron chi connectivity index (χ2n) is 5.06. The fourth-order valence-electron chi connectivity index (χ4n) is 2.04. The molecule has 1 aromatic carbocycles. The lowest BCUT2D eigenvalue weighted by atomic mass is 10.1. The molecule has 0 fully saturated rings. The number of nitrogens with zero attached hydrogens (tertiary/aromatic N) is 2. The van der Waals surface area contributed by atoms with Crippen molar-refractivity contribution < 1.29 is 9.13 Å². The highest BCUT2D eigenvalue weighted by Gasteiger charge is 2.13. The lowest BCUT2D eigenvalue weighted by Crippen LogP contribution is -2.21. The predicted octanol–water partition coefficient (Wildman–Crippen LogP) is 2.73. The van der Waals surface area contributed by atoms with E-state index >= 15 is 0 Å². The first-order valence-electron chi connectivity index (χ1n) is 6.61. The Labute approximate surface area is 118 Å². The average Bonchev–Trinajstić information content (AvgIpc) is 2.77. The van der Waals surface area contributed by atoms with Crippen LogP contribution in [0.2, 0.25) is 0 Å². The van der Waals surface area contributed by atoms with Crippen LogP contribution in [-0.2, 0) is 13.6 Å². The fourth-order valence-corrected chi connectivity index (χ4v) is 2.04. The molecule has 0 unspecified atom stereocenters. The summed E-state index contributed by atoms with van der Waals surface area (Å²) < 4.78 is 20.5. The molecule has 1 aromatic heterocycles. The van der Waals surface area contributed by atoms with Crippen LogP contribution in [0.3, 0.4) is 0 Å². The fraction of sp³-hybridized carbons (Fsp3) is 0.400. The minimum absolute atomic E-state index is 0.242. The first-order valence-corrected chi connectivity index (χ1v) is 6.61. The van der Waals surface area contributed by atoms with Gasteiger partial charge in [-0.15, -0.1) is 0 Å². The molecule has 0 aliphatic rings. The monoisotopic (exact) mass is 277 g/mol. The summed E-state index contributed by atoms with van der Waals surface area (Å²) in [5.74, 6) is -0.134. The number of rotatable bonds is 5. The molecule has 1 heterocycles. The van der Waals surface area contributed by atoms with Crippen molar-refractivity contribution in [2.75, 3.05) is 7.11 Å². The summed E-state index contributed by atoms with van der Waals surface area (Å²) in [5, 5.41) is 7.78. The lowest BCUT2D eigenvalue weighted by molar-refractivity contribution is 0.386. The Morgan fingerprint density at radius 2 is 2.15 bits per heavy atom. The summed E-state index contributed by atoms with van der Waals surface area (Å²) in [5.41, 5.74) is 2.59. The third-order valence-electron chi connectivity index (χ3n) is 3.03. The van der Waals surface area contributed by atoms with E-state index in [1.54, 1.807) is 10.7 Å². The molecule has 0 bridgehead atoms. The molecule has 2 aromatic rings. The van der Waals surface area contributed by atoms with Crippen molar-refractivity contribution in [2.24, 2.45) is 7.05 Å². The van der Waals surface area contributed by atoms with E-state index < -0.39 is 0 Å². The van der Waals surface area contributed by atoms with Gasteiger partial charge in [0.15, 0.2) is 11.6 Å². The zero-order valence-corrected chi connectivity index (χ0v) is 12.3. The van der Waals surface area contributed by atoms with Gasteiger partial charge < -0.3 is 10.1 Å². The molecular weight excluding hydrogens is 257 g/mol. The second-order valence-corrected chi connectivity index (χ2v) is 5.06. The number of halogens is 1. The van der Waals surface area contributed by atoms with Crippen LogP contribution >= 0.6 is 0 Å². The van der Waals surface area contributed by atoms with Gasteiger partial charge in [-0.3, -0.25) is 4.68 Å². The van der Waals surface area contributed by atoms with Crippen LogP contribution in [-0.4, -0.2) is 22.9 Å². The number of aryl methyl sites for hydroxylation is 1. The number of hydrogen-bond acceptors (Lipinski definition) is 3. The van der Waals surface area contributed by atoms with Gasteiger partial charge in [-0.05, 0) is 18.2 Å². The van der Waals surface area contributed by atoms with Crippen LogP contribution < -0.4 is 10.1 Å². The maximum Gasteiger partial charge on any atom is 0.165 e. The lowest BCUT2D eigenvalue weighted by Gasteiger charge is -2.08. The Hall–Kier alpha value is -1.88. The molecular formula is C15H20FN3O. The van der Waals surface area contributed by atoms with E-state index in [9.17, 15) is 4.39 Å². The highest BCUT2D eigenvalue weighted by Crippen LogP contribution is 2.26. The summed E-state index contributed by atoms with van der Waals surface area (Å²) in [6.45, 7) is 4.88. The van der Waals surface area contributed by atoms with E-state index in [2.05, 4.69) is 24.3 Å². The molecule has 0 atom stereocenters. The molecule has 0 aliphatic heterocycles. The van der Waals surface area contributed by atoms with Crippen molar-refractivity contribution in [1.82, 2.24) is 15.1 Å². The predicted molar refractivity (Wildman–Crippen MR) is 77.1 cm³/mol. The molecule has 0 spiro atoms. The molecule has 2 rings (SSSR count). The van der Waals surface area contributed by atoms with Gasteiger partial charge in [-0.2, -0.15) is 5.10 Å². The van der Waals surface area contributed by atoms with Crippen LogP contribution in [0.15, 0.2) is 24.4 Å². The Balaban J connectivity index is 2.34. The van der Waals surface area contributed by atoms with Gasteiger partial charge in [-0.1, -0.05) is 13.8 Å². The van der Waals surface area contributed by atoms with Gasteiger partial charge in [0.1, 0.15) is 0 Å².